The smallest absolute Gasteiger partial charge is 0.104 e. The number of thioether (sulfide) groups is 1. The van der Waals surface area contributed by atoms with Crippen molar-refractivity contribution in [3.63, 3.8) is 0 Å². The van der Waals surface area contributed by atoms with Crippen molar-refractivity contribution in [2.24, 2.45) is 5.73 Å². The Morgan fingerprint density at radius 1 is 1.56 bits per heavy atom. The van der Waals surface area contributed by atoms with Gasteiger partial charge in [0.05, 0.1) is 0 Å². The van der Waals surface area contributed by atoms with Crippen LogP contribution in [0.4, 0.5) is 5.69 Å². The third kappa shape index (κ3) is 5.16. The summed E-state index contributed by atoms with van der Waals surface area (Å²) >= 11 is 10.5. The van der Waals surface area contributed by atoms with Gasteiger partial charge in [0.25, 0.3) is 0 Å². The molecule has 0 aromatic heterocycles. The monoisotopic (exact) mass is 346 g/mol. The Kier molecular flexibility index (Phi) is 7.04. The molecule has 18 heavy (non-hydrogen) atoms. The van der Waals surface area contributed by atoms with Crippen LogP contribution >= 0.6 is 39.9 Å². The van der Waals surface area contributed by atoms with E-state index in [9.17, 15) is 0 Å². The molecule has 1 unspecified atom stereocenters. The molecule has 2 nitrogen and oxygen atoms in total. The van der Waals surface area contributed by atoms with Crippen LogP contribution in [-0.4, -0.2) is 22.5 Å². The Labute approximate surface area is 127 Å². The summed E-state index contributed by atoms with van der Waals surface area (Å²) in [6.45, 7) is 4.39. The zero-order valence-corrected chi connectivity index (χ0v) is 13.9. The first-order valence-corrected chi connectivity index (χ1v) is 8.33. The van der Waals surface area contributed by atoms with Crippen LogP contribution in [0.2, 0.25) is 0 Å². The van der Waals surface area contributed by atoms with E-state index < -0.39 is 0 Å². The number of nitrogens with one attached hydrogen (secondary N) is 1. The van der Waals surface area contributed by atoms with Crippen LogP contribution in [0.3, 0.4) is 0 Å². The second-order valence-electron chi connectivity index (χ2n) is 4.09. The van der Waals surface area contributed by atoms with Crippen LogP contribution in [0.5, 0.6) is 0 Å². The van der Waals surface area contributed by atoms with Crippen LogP contribution in [0.25, 0.3) is 0 Å². The SMILES string of the molecule is CCSCCC(C)Nc1ccc(C(N)=S)cc1Br. The molecule has 0 aliphatic rings. The molecule has 0 aliphatic heterocycles. The van der Waals surface area contributed by atoms with Crippen molar-refractivity contribution in [3.05, 3.63) is 28.2 Å². The fourth-order valence-corrected chi connectivity index (χ4v) is 2.96. The highest BCUT2D eigenvalue weighted by Crippen LogP contribution is 2.25. The molecule has 0 saturated heterocycles. The van der Waals surface area contributed by atoms with Crippen molar-refractivity contribution in [1.82, 2.24) is 0 Å². The second kappa shape index (κ2) is 8.02. The molecule has 0 radical (unpaired) electrons. The molecule has 0 saturated carbocycles. The van der Waals surface area contributed by atoms with E-state index in [2.05, 4.69) is 35.1 Å². The Morgan fingerprint density at radius 2 is 2.28 bits per heavy atom. The number of hydrogen-bond donors (Lipinski definition) is 2. The van der Waals surface area contributed by atoms with E-state index >= 15 is 0 Å². The number of rotatable bonds is 7. The van der Waals surface area contributed by atoms with Crippen LogP contribution < -0.4 is 11.1 Å². The minimum absolute atomic E-state index is 0.426. The van der Waals surface area contributed by atoms with Gasteiger partial charge in [0.15, 0.2) is 0 Å². The van der Waals surface area contributed by atoms with Crippen molar-refractivity contribution in [2.45, 2.75) is 26.3 Å². The Bertz CT molecular complexity index is 410. The molecule has 100 valence electrons. The predicted molar refractivity (Wildman–Crippen MR) is 90.7 cm³/mol. The Morgan fingerprint density at radius 3 is 2.83 bits per heavy atom. The summed E-state index contributed by atoms with van der Waals surface area (Å²) in [6, 6.07) is 6.37. The zero-order chi connectivity index (χ0) is 13.5. The molecule has 1 rings (SSSR count). The first-order chi connectivity index (χ1) is 8.54. The topological polar surface area (TPSA) is 38.0 Å². The first-order valence-electron chi connectivity index (χ1n) is 5.98. The largest absolute Gasteiger partial charge is 0.389 e. The number of thiocarbonyl (C=S) groups is 1. The summed E-state index contributed by atoms with van der Waals surface area (Å²) in [5.41, 5.74) is 7.58. The number of nitrogens with two attached hydrogens (primary N) is 1. The van der Waals surface area contributed by atoms with Crippen LogP contribution in [0.1, 0.15) is 25.8 Å². The summed E-state index contributed by atoms with van der Waals surface area (Å²) in [6.07, 6.45) is 1.15. The quantitative estimate of drug-likeness (QED) is 0.577. The fraction of sp³-hybridized carbons (Fsp3) is 0.462. The standard InChI is InChI=1S/C13H19BrN2S2/c1-3-18-7-6-9(2)16-12-5-4-10(13(15)17)8-11(12)14/h4-5,8-9,16H,3,6-7H2,1-2H3,(H2,15,17). The van der Waals surface area contributed by atoms with Gasteiger partial charge in [-0.3, -0.25) is 0 Å². The number of benzene rings is 1. The molecule has 0 spiro atoms. The van der Waals surface area contributed by atoms with Crippen molar-refractivity contribution in [2.75, 3.05) is 16.8 Å². The predicted octanol–water partition coefficient (Wildman–Crippen LogP) is 4.03. The fourth-order valence-electron chi connectivity index (χ4n) is 1.53. The van der Waals surface area contributed by atoms with Crippen molar-refractivity contribution >= 4 is 50.6 Å². The molecule has 0 heterocycles. The molecule has 3 N–H and O–H groups in total. The lowest BCUT2D eigenvalue weighted by Crippen LogP contribution is -2.17. The third-order valence-electron chi connectivity index (χ3n) is 2.55. The van der Waals surface area contributed by atoms with Crippen LogP contribution in [0.15, 0.2) is 22.7 Å². The van der Waals surface area contributed by atoms with Gasteiger partial charge in [0.2, 0.25) is 0 Å². The van der Waals surface area contributed by atoms with Crippen molar-refractivity contribution in [1.29, 1.82) is 0 Å². The van der Waals surface area contributed by atoms with Crippen LogP contribution in [-0.2, 0) is 0 Å². The maximum atomic E-state index is 5.60. The molecular weight excluding hydrogens is 328 g/mol. The van der Waals surface area contributed by atoms with Gasteiger partial charge in [-0.05, 0) is 59.0 Å². The number of hydrogen-bond acceptors (Lipinski definition) is 3. The van der Waals surface area contributed by atoms with Crippen molar-refractivity contribution < 1.29 is 0 Å². The molecule has 5 heteroatoms. The van der Waals surface area contributed by atoms with E-state index in [0.717, 1.165) is 22.1 Å². The maximum Gasteiger partial charge on any atom is 0.104 e. The molecular formula is C13H19BrN2S2. The summed E-state index contributed by atoms with van der Waals surface area (Å²) < 4.78 is 1.00. The summed E-state index contributed by atoms with van der Waals surface area (Å²) in [5, 5.41) is 3.49. The molecule has 1 aromatic carbocycles. The highest BCUT2D eigenvalue weighted by Gasteiger charge is 2.06. The van der Waals surface area contributed by atoms with E-state index in [1.807, 2.05) is 30.0 Å². The lowest BCUT2D eigenvalue weighted by atomic mass is 10.2. The number of halogens is 1. The lowest BCUT2D eigenvalue weighted by Gasteiger charge is -2.16. The van der Waals surface area contributed by atoms with Crippen LogP contribution in [0, 0.1) is 0 Å². The lowest BCUT2D eigenvalue weighted by molar-refractivity contribution is 0.771. The van der Waals surface area contributed by atoms with E-state index in [0.29, 0.717) is 11.0 Å². The molecule has 1 aromatic rings. The average molecular weight is 347 g/mol. The maximum absolute atomic E-state index is 5.60. The van der Waals surface area contributed by atoms with Gasteiger partial charge in [0, 0.05) is 21.8 Å². The first kappa shape index (κ1) is 15.8. The normalized spacial score (nSPS) is 12.2. The molecule has 0 amide bonds. The zero-order valence-electron chi connectivity index (χ0n) is 10.7. The van der Waals surface area contributed by atoms with Gasteiger partial charge >= 0.3 is 0 Å². The van der Waals surface area contributed by atoms with Gasteiger partial charge < -0.3 is 11.1 Å². The minimum atomic E-state index is 0.426. The molecule has 1 atom stereocenters. The third-order valence-corrected chi connectivity index (χ3v) is 4.38. The minimum Gasteiger partial charge on any atom is -0.389 e. The van der Waals surface area contributed by atoms with E-state index in [1.54, 1.807) is 0 Å². The van der Waals surface area contributed by atoms with Gasteiger partial charge in [-0.2, -0.15) is 11.8 Å². The van der Waals surface area contributed by atoms with Gasteiger partial charge in [0.1, 0.15) is 4.99 Å². The molecule has 0 bridgehead atoms. The Balaban J connectivity index is 2.59. The molecule has 0 fully saturated rings. The molecule has 0 aliphatic carbocycles. The van der Waals surface area contributed by atoms with E-state index in [-0.39, 0.29) is 0 Å². The van der Waals surface area contributed by atoms with E-state index in [4.69, 9.17) is 18.0 Å². The van der Waals surface area contributed by atoms with Crippen molar-refractivity contribution in [3.8, 4) is 0 Å². The average Bonchev–Trinajstić information content (AvgIpc) is 2.32. The van der Waals surface area contributed by atoms with Gasteiger partial charge in [-0.25, -0.2) is 0 Å². The highest BCUT2D eigenvalue weighted by atomic mass is 79.9. The van der Waals surface area contributed by atoms with E-state index in [1.165, 1.54) is 11.5 Å². The number of anilines is 1. The summed E-state index contributed by atoms with van der Waals surface area (Å²) in [7, 11) is 0. The highest BCUT2D eigenvalue weighted by molar-refractivity contribution is 9.10. The Hall–Kier alpha value is -0.260. The van der Waals surface area contributed by atoms with Gasteiger partial charge in [-0.15, -0.1) is 0 Å². The second-order valence-corrected chi connectivity index (χ2v) is 6.78. The summed E-state index contributed by atoms with van der Waals surface area (Å²) in [4.78, 5) is 0.426. The van der Waals surface area contributed by atoms with Gasteiger partial charge in [-0.1, -0.05) is 19.1 Å². The summed E-state index contributed by atoms with van der Waals surface area (Å²) in [5.74, 6) is 2.37.